The summed E-state index contributed by atoms with van der Waals surface area (Å²) in [5, 5.41) is 0. The van der Waals surface area contributed by atoms with E-state index in [2.05, 4.69) is 37.3 Å². The molecule has 0 aliphatic rings. The lowest BCUT2D eigenvalue weighted by molar-refractivity contribution is 0.414. The number of hydrogen-bond acceptors (Lipinski definition) is 3. The second kappa shape index (κ2) is 9.61. The summed E-state index contributed by atoms with van der Waals surface area (Å²) < 4.78 is 10.6. The van der Waals surface area contributed by atoms with E-state index in [0.717, 1.165) is 17.9 Å². The quantitative estimate of drug-likeness (QED) is 0.365. The maximum atomic E-state index is 5.32. The summed E-state index contributed by atoms with van der Waals surface area (Å²) in [5.41, 5.74) is 3.78. The van der Waals surface area contributed by atoms with Gasteiger partial charge in [0.15, 0.2) is 0 Å². The monoisotopic (exact) mass is 380 g/mol. The van der Waals surface area contributed by atoms with Crippen LogP contribution < -0.4 is 9.47 Å². The highest BCUT2D eigenvalue weighted by atomic mass is 32.1. The summed E-state index contributed by atoms with van der Waals surface area (Å²) in [6.45, 7) is 2.26. The fourth-order valence-electron chi connectivity index (χ4n) is 3.23. The van der Waals surface area contributed by atoms with Crippen molar-refractivity contribution in [2.45, 2.75) is 39.0 Å². The van der Waals surface area contributed by atoms with Crippen LogP contribution in [0.25, 0.3) is 21.6 Å². The van der Waals surface area contributed by atoms with Gasteiger partial charge in [0.2, 0.25) is 0 Å². The van der Waals surface area contributed by atoms with E-state index in [1.54, 1.807) is 14.2 Å². The third-order valence-corrected chi connectivity index (χ3v) is 6.06. The standard InChI is InChI=1S/C24H28O2S/c1-4-5-6-7-8-22-17-23(18-9-13-20(25-2)14-10-18)24(27-22)19-11-15-21(26-3)16-12-19/h9-17H,4-8H2,1-3H3. The Morgan fingerprint density at radius 1 is 0.741 bits per heavy atom. The molecule has 0 amide bonds. The second-order valence-electron chi connectivity index (χ2n) is 6.72. The van der Waals surface area contributed by atoms with Crippen LogP contribution in [0.3, 0.4) is 0 Å². The van der Waals surface area contributed by atoms with E-state index in [-0.39, 0.29) is 0 Å². The number of unbranched alkanes of at least 4 members (excludes halogenated alkanes) is 3. The van der Waals surface area contributed by atoms with Gasteiger partial charge in [0.05, 0.1) is 14.2 Å². The van der Waals surface area contributed by atoms with E-state index in [4.69, 9.17) is 9.47 Å². The minimum absolute atomic E-state index is 0.889. The molecular formula is C24H28O2S. The van der Waals surface area contributed by atoms with Crippen molar-refractivity contribution in [2.75, 3.05) is 14.2 Å². The molecule has 0 N–H and O–H groups in total. The van der Waals surface area contributed by atoms with Crippen molar-refractivity contribution in [3.63, 3.8) is 0 Å². The molecular weight excluding hydrogens is 352 g/mol. The molecule has 2 aromatic carbocycles. The van der Waals surface area contributed by atoms with Crippen LogP contribution in [0.4, 0.5) is 0 Å². The molecule has 1 heterocycles. The van der Waals surface area contributed by atoms with Gasteiger partial charge >= 0.3 is 0 Å². The topological polar surface area (TPSA) is 18.5 Å². The van der Waals surface area contributed by atoms with Gasteiger partial charge in [-0.1, -0.05) is 38.3 Å². The number of thiophene rings is 1. The van der Waals surface area contributed by atoms with Crippen LogP contribution in [0.15, 0.2) is 54.6 Å². The molecule has 0 bridgehead atoms. The van der Waals surface area contributed by atoms with E-state index in [1.807, 2.05) is 35.6 Å². The van der Waals surface area contributed by atoms with Crippen LogP contribution in [0.1, 0.15) is 37.5 Å². The van der Waals surface area contributed by atoms with Crippen molar-refractivity contribution in [3.05, 3.63) is 59.5 Å². The summed E-state index contributed by atoms with van der Waals surface area (Å²) in [6, 6.07) is 19.1. The zero-order chi connectivity index (χ0) is 19.1. The maximum absolute atomic E-state index is 5.32. The van der Waals surface area contributed by atoms with Crippen molar-refractivity contribution in [1.29, 1.82) is 0 Å². The molecule has 27 heavy (non-hydrogen) atoms. The minimum Gasteiger partial charge on any atom is -0.497 e. The van der Waals surface area contributed by atoms with Gasteiger partial charge < -0.3 is 9.47 Å². The van der Waals surface area contributed by atoms with E-state index >= 15 is 0 Å². The zero-order valence-corrected chi connectivity index (χ0v) is 17.3. The van der Waals surface area contributed by atoms with Crippen molar-refractivity contribution in [1.82, 2.24) is 0 Å². The second-order valence-corrected chi connectivity index (χ2v) is 7.86. The molecule has 0 unspecified atom stereocenters. The fraction of sp³-hybridized carbons (Fsp3) is 0.333. The van der Waals surface area contributed by atoms with Crippen molar-refractivity contribution >= 4 is 11.3 Å². The minimum atomic E-state index is 0.889. The Morgan fingerprint density at radius 2 is 1.33 bits per heavy atom. The first kappa shape index (κ1) is 19.5. The van der Waals surface area contributed by atoms with Crippen LogP contribution in [0.2, 0.25) is 0 Å². The van der Waals surface area contributed by atoms with Gasteiger partial charge in [0.1, 0.15) is 11.5 Å². The van der Waals surface area contributed by atoms with Gasteiger partial charge in [0, 0.05) is 15.3 Å². The summed E-state index contributed by atoms with van der Waals surface area (Å²) in [5.74, 6) is 1.78. The van der Waals surface area contributed by atoms with Crippen LogP contribution in [0, 0.1) is 0 Å². The Kier molecular flexibility index (Phi) is 6.94. The van der Waals surface area contributed by atoms with Gasteiger partial charge in [-0.05, 0) is 66.4 Å². The molecule has 0 radical (unpaired) electrons. The highest BCUT2D eigenvalue weighted by Crippen LogP contribution is 2.40. The van der Waals surface area contributed by atoms with E-state index in [1.165, 1.54) is 52.1 Å². The molecule has 3 rings (SSSR count). The lowest BCUT2D eigenvalue weighted by Gasteiger charge is -2.07. The van der Waals surface area contributed by atoms with Crippen molar-refractivity contribution in [2.24, 2.45) is 0 Å². The largest absolute Gasteiger partial charge is 0.497 e. The van der Waals surface area contributed by atoms with Crippen LogP contribution >= 0.6 is 11.3 Å². The first-order chi connectivity index (χ1) is 13.2. The Balaban J connectivity index is 1.93. The molecule has 0 saturated heterocycles. The van der Waals surface area contributed by atoms with Crippen LogP contribution in [-0.4, -0.2) is 14.2 Å². The Bertz CT molecular complexity index is 767. The van der Waals surface area contributed by atoms with Gasteiger partial charge in [-0.2, -0.15) is 0 Å². The predicted octanol–water partition coefficient (Wildman–Crippen LogP) is 7.22. The third-order valence-electron chi connectivity index (χ3n) is 4.81. The van der Waals surface area contributed by atoms with Crippen molar-refractivity contribution in [3.8, 4) is 33.1 Å². The van der Waals surface area contributed by atoms with Gasteiger partial charge in [-0.3, -0.25) is 0 Å². The maximum Gasteiger partial charge on any atom is 0.118 e. The Labute approximate surface area is 166 Å². The molecule has 0 fully saturated rings. The molecule has 142 valence electrons. The number of hydrogen-bond donors (Lipinski definition) is 0. The van der Waals surface area contributed by atoms with E-state index in [9.17, 15) is 0 Å². The molecule has 0 saturated carbocycles. The molecule has 0 spiro atoms. The van der Waals surface area contributed by atoms with Crippen LogP contribution in [0.5, 0.6) is 11.5 Å². The summed E-state index contributed by atoms with van der Waals surface area (Å²) >= 11 is 1.92. The highest BCUT2D eigenvalue weighted by molar-refractivity contribution is 7.16. The Hall–Kier alpha value is -2.26. The number of rotatable bonds is 9. The molecule has 0 atom stereocenters. The lowest BCUT2D eigenvalue weighted by Crippen LogP contribution is -1.84. The average Bonchev–Trinajstić information content (AvgIpc) is 3.15. The van der Waals surface area contributed by atoms with Gasteiger partial charge in [-0.25, -0.2) is 0 Å². The third kappa shape index (κ3) is 4.92. The fourth-order valence-corrected chi connectivity index (χ4v) is 4.46. The summed E-state index contributed by atoms with van der Waals surface area (Å²) in [6.07, 6.45) is 6.33. The van der Waals surface area contributed by atoms with E-state index in [0.29, 0.717) is 0 Å². The SMILES string of the molecule is CCCCCCc1cc(-c2ccc(OC)cc2)c(-c2ccc(OC)cc2)s1. The molecule has 0 aliphatic heterocycles. The molecule has 0 aliphatic carbocycles. The normalized spacial score (nSPS) is 10.8. The Morgan fingerprint density at radius 3 is 1.89 bits per heavy atom. The zero-order valence-electron chi connectivity index (χ0n) is 16.5. The van der Waals surface area contributed by atoms with Gasteiger partial charge in [-0.15, -0.1) is 11.3 Å². The smallest absolute Gasteiger partial charge is 0.118 e. The number of ether oxygens (including phenoxy) is 2. The van der Waals surface area contributed by atoms with Gasteiger partial charge in [0.25, 0.3) is 0 Å². The average molecular weight is 381 g/mol. The molecule has 2 nitrogen and oxygen atoms in total. The van der Waals surface area contributed by atoms with Crippen molar-refractivity contribution < 1.29 is 9.47 Å². The van der Waals surface area contributed by atoms with Crippen LogP contribution in [-0.2, 0) is 6.42 Å². The molecule has 3 heteroatoms. The summed E-state index contributed by atoms with van der Waals surface area (Å²) in [7, 11) is 3.41. The highest BCUT2D eigenvalue weighted by Gasteiger charge is 2.13. The first-order valence-corrected chi connectivity index (χ1v) is 10.5. The predicted molar refractivity (Wildman–Crippen MR) is 116 cm³/mol. The first-order valence-electron chi connectivity index (χ1n) is 9.66. The lowest BCUT2D eigenvalue weighted by atomic mass is 10.0. The summed E-state index contributed by atoms with van der Waals surface area (Å²) in [4.78, 5) is 2.79. The van der Waals surface area contributed by atoms with E-state index < -0.39 is 0 Å². The molecule has 1 aromatic heterocycles. The molecule has 3 aromatic rings. The number of aryl methyl sites for hydroxylation is 1. The number of methoxy groups -OCH3 is 2. The number of benzene rings is 2.